The fourth-order valence-corrected chi connectivity index (χ4v) is 5.52. The summed E-state index contributed by atoms with van der Waals surface area (Å²) in [5.41, 5.74) is 3.25. The maximum absolute atomic E-state index is 13.0. The van der Waals surface area contributed by atoms with Gasteiger partial charge in [-0.15, -0.1) is 5.92 Å². The molecule has 0 aromatic heterocycles. The zero-order chi connectivity index (χ0) is 19.8. The van der Waals surface area contributed by atoms with Crippen LogP contribution < -0.4 is 0 Å². The number of aryl methyl sites for hydroxylation is 2. The molecule has 4 nitrogen and oxygen atoms in total. The molecule has 1 aromatic rings. The molecule has 0 bridgehead atoms. The number of hydrogen-bond donors (Lipinski definition) is 0. The molecule has 0 radical (unpaired) electrons. The molecule has 2 saturated carbocycles. The van der Waals surface area contributed by atoms with E-state index in [-0.39, 0.29) is 22.2 Å². The number of Topliss-reactive ketones (excluding diaryl/α,β-unsaturated/α-hetero) is 2. The lowest BCUT2D eigenvalue weighted by atomic mass is 9.61. The maximum atomic E-state index is 13.0. The predicted octanol–water partition coefficient (Wildman–Crippen LogP) is 3.50. The van der Waals surface area contributed by atoms with Crippen LogP contribution in [-0.2, 0) is 20.7 Å². The van der Waals surface area contributed by atoms with E-state index in [1.165, 1.54) is 0 Å². The Morgan fingerprint density at radius 2 is 1.59 bits per heavy atom. The number of rotatable bonds is 2. The van der Waals surface area contributed by atoms with Gasteiger partial charge in [-0.05, 0) is 80.7 Å². The topological polar surface area (TPSA) is 74.3 Å². The van der Waals surface area contributed by atoms with Crippen LogP contribution in [0, 0.1) is 31.1 Å². The van der Waals surface area contributed by atoms with E-state index in [1.807, 2.05) is 26.0 Å². The summed E-state index contributed by atoms with van der Waals surface area (Å²) in [5, 5.41) is -0.338. The van der Waals surface area contributed by atoms with Crippen LogP contribution in [0.15, 0.2) is 12.1 Å². The van der Waals surface area contributed by atoms with Crippen molar-refractivity contribution in [1.82, 2.24) is 0 Å². The van der Waals surface area contributed by atoms with E-state index in [4.69, 9.17) is 0 Å². The number of carbonyl (C=O) groups is 2. The van der Waals surface area contributed by atoms with E-state index in [0.29, 0.717) is 38.5 Å². The molecule has 2 fully saturated rings. The molecule has 0 heterocycles. The zero-order valence-corrected chi connectivity index (χ0v) is 16.9. The van der Waals surface area contributed by atoms with Crippen LogP contribution in [0.3, 0.4) is 0 Å². The van der Waals surface area contributed by atoms with E-state index < -0.39 is 17.0 Å². The average Bonchev–Trinajstić information content (AvgIpc) is 2.57. The molecule has 2 aliphatic carbocycles. The van der Waals surface area contributed by atoms with Crippen LogP contribution in [0.2, 0.25) is 0 Å². The lowest BCUT2D eigenvalue weighted by Gasteiger charge is -2.44. The largest absolute Gasteiger partial charge is 0.772 e. The normalized spacial score (nSPS) is 29.3. The van der Waals surface area contributed by atoms with Gasteiger partial charge in [0.15, 0.2) is 0 Å². The second-order valence-electron chi connectivity index (χ2n) is 8.08. The van der Waals surface area contributed by atoms with Gasteiger partial charge in [-0.2, -0.15) is 0 Å². The lowest BCUT2D eigenvalue weighted by molar-refractivity contribution is -0.137. The Hall–Kier alpha value is -1.77. The van der Waals surface area contributed by atoms with Crippen molar-refractivity contribution < 1.29 is 18.4 Å². The molecule has 1 aromatic carbocycles. The Morgan fingerprint density at radius 1 is 1.07 bits per heavy atom. The number of ketones is 2. The zero-order valence-electron chi connectivity index (χ0n) is 16.1. The summed E-state index contributed by atoms with van der Waals surface area (Å²) in [6.45, 7) is 5.65. The van der Waals surface area contributed by atoms with Gasteiger partial charge >= 0.3 is 0 Å². The van der Waals surface area contributed by atoms with Crippen molar-refractivity contribution >= 4 is 22.6 Å². The smallest absolute Gasteiger partial charge is 0.148 e. The third kappa shape index (κ3) is 3.93. The number of carbonyl (C=O) groups excluding carboxylic acids is 2. The van der Waals surface area contributed by atoms with Gasteiger partial charge < -0.3 is 4.55 Å². The molecule has 2 aliphatic rings. The molecule has 1 atom stereocenters. The average molecular weight is 386 g/mol. The summed E-state index contributed by atoms with van der Waals surface area (Å²) >= 11 is -2.07. The first-order chi connectivity index (χ1) is 12.8. The SMILES string of the molecule is CC#Cc1cc(C)c(C2C(=O)CC3(CCC(S(=O)[O-])CC3)CC2=O)c(C)c1. The van der Waals surface area contributed by atoms with E-state index >= 15 is 0 Å². The molecule has 144 valence electrons. The van der Waals surface area contributed by atoms with Crippen LogP contribution in [0.4, 0.5) is 0 Å². The Balaban J connectivity index is 1.85. The highest BCUT2D eigenvalue weighted by molar-refractivity contribution is 7.79. The minimum atomic E-state index is -2.07. The van der Waals surface area contributed by atoms with E-state index in [2.05, 4.69) is 11.8 Å². The van der Waals surface area contributed by atoms with Crippen LogP contribution in [0.5, 0.6) is 0 Å². The van der Waals surface area contributed by atoms with Crippen molar-refractivity contribution in [2.75, 3.05) is 0 Å². The van der Waals surface area contributed by atoms with Crippen LogP contribution in [0.1, 0.15) is 73.6 Å². The molecule has 1 unspecified atom stereocenters. The fraction of sp³-hybridized carbons (Fsp3) is 0.545. The molecule has 3 rings (SSSR count). The second-order valence-corrected chi connectivity index (χ2v) is 9.27. The second kappa shape index (κ2) is 7.69. The van der Waals surface area contributed by atoms with Gasteiger partial charge in [-0.3, -0.25) is 13.8 Å². The maximum Gasteiger partial charge on any atom is 0.148 e. The Morgan fingerprint density at radius 3 is 2.04 bits per heavy atom. The van der Waals surface area contributed by atoms with Crippen molar-refractivity contribution in [1.29, 1.82) is 0 Å². The minimum Gasteiger partial charge on any atom is -0.772 e. The molecule has 0 N–H and O–H groups in total. The quantitative estimate of drug-likeness (QED) is 0.444. The van der Waals surface area contributed by atoms with Gasteiger partial charge in [0.2, 0.25) is 0 Å². The standard InChI is InChI=1S/C22H26O4S/c1-4-5-16-10-14(2)20(15(3)11-16)21-18(23)12-22(13-19(21)24)8-6-17(7-9-22)27(25)26/h10-11,17,21H,6-9,12-13H2,1-3H3,(H,25,26)/p-1. The molecule has 27 heavy (non-hydrogen) atoms. The first kappa shape index (κ1) is 20.0. The third-order valence-corrected chi connectivity index (χ3v) is 7.18. The monoisotopic (exact) mass is 385 g/mol. The van der Waals surface area contributed by atoms with Crippen LogP contribution in [-0.4, -0.2) is 25.6 Å². The number of hydrogen-bond acceptors (Lipinski definition) is 4. The molecule has 0 aliphatic heterocycles. The summed E-state index contributed by atoms with van der Waals surface area (Å²) in [7, 11) is 0. The molecular formula is C22H25O4S-. The molecule has 0 amide bonds. The van der Waals surface area contributed by atoms with Crippen molar-refractivity contribution in [3.63, 3.8) is 0 Å². The van der Waals surface area contributed by atoms with Crippen molar-refractivity contribution in [2.24, 2.45) is 5.41 Å². The highest BCUT2D eigenvalue weighted by Crippen LogP contribution is 2.49. The molecule has 5 heteroatoms. The first-order valence-electron chi connectivity index (χ1n) is 9.44. The highest BCUT2D eigenvalue weighted by Gasteiger charge is 2.47. The van der Waals surface area contributed by atoms with Gasteiger partial charge in [-0.25, -0.2) is 0 Å². The van der Waals surface area contributed by atoms with Crippen molar-refractivity contribution in [3.8, 4) is 11.8 Å². The van der Waals surface area contributed by atoms with Crippen LogP contribution >= 0.6 is 0 Å². The van der Waals surface area contributed by atoms with Crippen molar-refractivity contribution in [3.05, 3.63) is 34.4 Å². The van der Waals surface area contributed by atoms with E-state index in [1.54, 1.807) is 6.92 Å². The van der Waals surface area contributed by atoms with E-state index in [0.717, 1.165) is 22.3 Å². The van der Waals surface area contributed by atoms with Gasteiger partial charge in [0, 0.05) is 23.7 Å². The summed E-state index contributed by atoms with van der Waals surface area (Å²) in [4.78, 5) is 26.1. The Labute approximate surface area is 163 Å². The molecular weight excluding hydrogens is 360 g/mol. The summed E-state index contributed by atoms with van der Waals surface area (Å²) in [5.74, 6) is 5.18. The summed E-state index contributed by atoms with van der Waals surface area (Å²) in [6, 6.07) is 3.89. The minimum absolute atomic E-state index is 0.0199. The van der Waals surface area contributed by atoms with Crippen LogP contribution in [0.25, 0.3) is 0 Å². The fourth-order valence-electron chi connectivity index (χ4n) is 4.90. The Kier molecular flexibility index (Phi) is 5.69. The van der Waals surface area contributed by atoms with Crippen molar-refractivity contribution in [2.45, 2.75) is 70.5 Å². The summed E-state index contributed by atoms with van der Waals surface area (Å²) in [6.07, 6.45) is 3.11. The summed E-state index contributed by atoms with van der Waals surface area (Å²) < 4.78 is 22.4. The Bertz CT molecular complexity index is 823. The first-order valence-corrected chi connectivity index (χ1v) is 10.6. The molecule has 1 spiro atoms. The van der Waals surface area contributed by atoms with Gasteiger partial charge in [0.25, 0.3) is 0 Å². The predicted molar refractivity (Wildman–Crippen MR) is 104 cm³/mol. The lowest BCUT2D eigenvalue weighted by Crippen LogP contribution is -2.43. The third-order valence-electron chi connectivity index (χ3n) is 6.16. The van der Waals surface area contributed by atoms with Gasteiger partial charge in [0.05, 0.1) is 0 Å². The highest BCUT2D eigenvalue weighted by atomic mass is 32.2. The number of benzene rings is 1. The van der Waals surface area contributed by atoms with E-state index in [9.17, 15) is 18.4 Å². The van der Waals surface area contributed by atoms with Gasteiger partial charge in [-0.1, -0.05) is 17.0 Å². The molecule has 0 saturated heterocycles. The van der Waals surface area contributed by atoms with Gasteiger partial charge in [0.1, 0.15) is 17.5 Å².